The number of aliphatic hydroxyl groups is 2. The van der Waals surface area contributed by atoms with Gasteiger partial charge in [-0.2, -0.15) is 20.5 Å². The van der Waals surface area contributed by atoms with Crippen LogP contribution in [-0.4, -0.2) is 89.1 Å². The fourth-order valence-electron chi connectivity index (χ4n) is 3.68. The summed E-state index contributed by atoms with van der Waals surface area (Å²) in [5, 5.41) is 20.4. The molecule has 0 saturated carbocycles. The van der Waals surface area contributed by atoms with Gasteiger partial charge in [0, 0.05) is 24.8 Å². The van der Waals surface area contributed by atoms with Gasteiger partial charge in [-0.3, -0.25) is 4.90 Å². The van der Waals surface area contributed by atoms with Gasteiger partial charge in [0.05, 0.1) is 19.4 Å². The third kappa shape index (κ3) is 5.89. The number of thioether (sulfide) groups is 1. The van der Waals surface area contributed by atoms with Crippen LogP contribution < -0.4 is 4.74 Å². The maximum absolute atomic E-state index is 13.1. The zero-order valence-corrected chi connectivity index (χ0v) is 17.6. The fourth-order valence-corrected chi connectivity index (χ4v) is 4.57. The van der Waals surface area contributed by atoms with Crippen molar-refractivity contribution in [2.45, 2.75) is 31.0 Å². The second kappa shape index (κ2) is 9.88. The van der Waals surface area contributed by atoms with Crippen molar-refractivity contribution in [2.24, 2.45) is 0 Å². The van der Waals surface area contributed by atoms with E-state index >= 15 is 0 Å². The van der Waals surface area contributed by atoms with Gasteiger partial charge in [0.25, 0.3) is 5.91 Å². The standard InChI is InChI=1S/C19H24F2N2O7S/c1-28-18(25)30-15-8-13(12-2-4-14(5-3-12)29-16(20)21)9-22(10-15)17(24)23-6-7-31-11-19(23,26)27/h2-5,13,15-16,26-27H,6-11H2,1H3. The van der Waals surface area contributed by atoms with Crippen LogP contribution in [0.4, 0.5) is 18.4 Å². The highest BCUT2D eigenvalue weighted by Crippen LogP contribution is 2.32. The van der Waals surface area contributed by atoms with Gasteiger partial charge >= 0.3 is 18.8 Å². The van der Waals surface area contributed by atoms with Crippen LogP contribution in [0, 0.1) is 0 Å². The molecule has 2 amide bonds. The van der Waals surface area contributed by atoms with E-state index in [4.69, 9.17) is 4.74 Å². The Balaban J connectivity index is 1.79. The van der Waals surface area contributed by atoms with Crippen molar-refractivity contribution in [1.82, 2.24) is 9.80 Å². The quantitative estimate of drug-likeness (QED) is 0.517. The van der Waals surface area contributed by atoms with E-state index in [0.717, 1.165) is 10.5 Å². The minimum Gasteiger partial charge on any atom is -0.438 e. The van der Waals surface area contributed by atoms with E-state index in [2.05, 4.69) is 9.47 Å². The summed E-state index contributed by atoms with van der Waals surface area (Å²) in [7, 11) is 1.17. The molecule has 0 aromatic heterocycles. The first kappa shape index (κ1) is 23.4. The molecule has 1 aromatic carbocycles. The number of methoxy groups -OCH3 is 1. The maximum atomic E-state index is 13.1. The lowest BCUT2D eigenvalue weighted by atomic mass is 9.89. The summed E-state index contributed by atoms with van der Waals surface area (Å²) in [6.45, 7) is -2.52. The number of amides is 2. The first-order valence-electron chi connectivity index (χ1n) is 9.58. The molecule has 2 unspecified atom stereocenters. The topological polar surface area (TPSA) is 109 Å². The normalized spacial score (nSPS) is 23.4. The molecule has 3 rings (SSSR count). The Morgan fingerprint density at radius 2 is 1.94 bits per heavy atom. The molecule has 12 heteroatoms. The predicted octanol–water partition coefficient (Wildman–Crippen LogP) is 2.04. The molecule has 0 spiro atoms. The molecule has 2 fully saturated rings. The average molecular weight is 462 g/mol. The first-order chi connectivity index (χ1) is 14.7. The van der Waals surface area contributed by atoms with Crippen LogP contribution in [0.3, 0.4) is 0 Å². The van der Waals surface area contributed by atoms with Crippen LogP contribution in [-0.2, 0) is 9.47 Å². The Kier molecular flexibility index (Phi) is 7.44. The molecular weight excluding hydrogens is 438 g/mol. The first-order valence-corrected chi connectivity index (χ1v) is 10.7. The summed E-state index contributed by atoms with van der Waals surface area (Å²) in [5.41, 5.74) is 0.728. The van der Waals surface area contributed by atoms with Crippen molar-refractivity contribution < 1.29 is 42.8 Å². The van der Waals surface area contributed by atoms with Crippen LogP contribution in [0.25, 0.3) is 0 Å². The molecule has 0 radical (unpaired) electrons. The number of benzene rings is 1. The minimum atomic E-state index is -2.94. The van der Waals surface area contributed by atoms with E-state index in [9.17, 15) is 28.6 Å². The highest BCUT2D eigenvalue weighted by atomic mass is 32.2. The fraction of sp³-hybridized carbons (Fsp3) is 0.579. The second-order valence-corrected chi connectivity index (χ2v) is 8.35. The van der Waals surface area contributed by atoms with E-state index < -0.39 is 30.8 Å². The number of nitrogens with zero attached hydrogens (tertiary/aromatic N) is 2. The highest BCUT2D eigenvalue weighted by molar-refractivity contribution is 7.99. The minimum absolute atomic E-state index is 0.000939. The lowest BCUT2D eigenvalue weighted by Crippen LogP contribution is -2.62. The number of likely N-dealkylation sites (tertiary alicyclic amines) is 1. The number of ether oxygens (including phenoxy) is 3. The van der Waals surface area contributed by atoms with E-state index in [-0.39, 0.29) is 37.1 Å². The van der Waals surface area contributed by atoms with E-state index in [0.29, 0.717) is 12.2 Å². The Morgan fingerprint density at radius 1 is 1.23 bits per heavy atom. The van der Waals surface area contributed by atoms with Gasteiger partial charge in [-0.15, -0.1) is 0 Å². The molecule has 2 saturated heterocycles. The molecule has 2 atom stereocenters. The summed E-state index contributed by atoms with van der Waals surface area (Å²) >= 11 is 1.32. The predicted molar refractivity (Wildman–Crippen MR) is 106 cm³/mol. The van der Waals surface area contributed by atoms with Gasteiger partial charge in [-0.05, 0) is 24.1 Å². The van der Waals surface area contributed by atoms with E-state index in [1.165, 1.54) is 35.9 Å². The van der Waals surface area contributed by atoms with E-state index in [1.54, 1.807) is 12.1 Å². The van der Waals surface area contributed by atoms with Crippen molar-refractivity contribution in [3.05, 3.63) is 29.8 Å². The van der Waals surface area contributed by atoms with Gasteiger partial charge in [-0.1, -0.05) is 12.1 Å². The summed E-state index contributed by atoms with van der Waals surface area (Å²) in [6, 6.07) is 5.40. The highest BCUT2D eigenvalue weighted by Gasteiger charge is 2.43. The molecule has 31 heavy (non-hydrogen) atoms. The van der Waals surface area contributed by atoms with Gasteiger partial charge in [0.1, 0.15) is 11.9 Å². The van der Waals surface area contributed by atoms with Crippen LogP contribution in [0.5, 0.6) is 5.75 Å². The molecule has 0 aliphatic carbocycles. The molecular formula is C19H24F2N2O7S. The average Bonchev–Trinajstić information content (AvgIpc) is 2.72. The molecule has 2 aliphatic heterocycles. The van der Waals surface area contributed by atoms with E-state index in [1.807, 2.05) is 0 Å². The Labute approximate surface area is 181 Å². The molecule has 172 valence electrons. The maximum Gasteiger partial charge on any atom is 0.508 e. The molecule has 2 aliphatic rings. The number of piperidine rings is 1. The zero-order valence-electron chi connectivity index (χ0n) is 16.8. The van der Waals surface area contributed by atoms with Crippen molar-refractivity contribution in [1.29, 1.82) is 0 Å². The van der Waals surface area contributed by atoms with Crippen LogP contribution in [0.1, 0.15) is 17.9 Å². The SMILES string of the molecule is COC(=O)OC1CC(c2ccc(OC(F)F)cc2)CN(C(=O)N2CCSCC2(O)O)C1. The van der Waals surface area contributed by atoms with Crippen LogP contribution in [0.2, 0.25) is 0 Å². The van der Waals surface area contributed by atoms with Crippen molar-refractivity contribution in [2.75, 3.05) is 38.2 Å². The summed E-state index contributed by atoms with van der Waals surface area (Å²) in [4.78, 5) is 27.1. The van der Waals surface area contributed by atoms with Crippen LogP contribution >= 0.6 is 11.8 Å². The Bertz CT molecular complexity index is 781. The van der Waals surface area contributed by atoms with Crippen molar-refractivity contribution in [3.8, 4) is 5.75 Å². The lowest BCUT2D eigenvalue weighted by Gasteiger charge is -2.44. The number of rotatable bonds is 4. The van der Waals surface area contributed by atoms with Gasteiger partial charge < -0.3 is 29.3 Å². The number of alkyl halides is 2. The number of carbonyl (C=O) groups excluding carboxylic acids is 2. The summed E-state index contributed by atoms with van der Waals surface area (Å²) < 4.78 is 38.9. The Hall–Kier alpha value is -2.31. The molecule has 9 nitrogen and oxygen atoms in total. The number of hydrogen-bond donors (Lipinski definition) is 2. The van der Waals surface area contributed by atoms with Crippen LogP contribution in [0.15, 0.2) is 24.3 Å². The summed E-state index contributed by atoms with van der Waals surface area (Å²) in [5.74, 6) is -2.05. The lowest BCUT2D eigenvalue weighted by molar-refractivity contribution is -0.230. The third-order valence-corrected chi connectivity index (χ3v) is 6.17. The third-order valence-electron chi connectivity index (χ3n) is 5.11. The van der Waals surface area contributed by atoms with Gasteiger partial charge in [0.2, 0.25) is 0 Å². The number of urea groups is 1. The van der Waals surface area contributed by atoms with Gasteiger partial charge in [0.15, 0.2) is 0 Å². The smallest absolute Gasteiger partial charge is 0.438 e. The Morgan fingerprint density at radius 3 is 2.55 bits per heavy atom. The largest absolute Gasteiger partial charge is 0.508 e. The number of hydrogen-bond acceptors (Lipinski definition) is 8. The summed E-state index contributed by atoms with van der Waals surface area (Å²) in [6.07, 6.45) is -1.22. The molecule has 1 aromatic rings. The van der Waals surface area contributed by atoms with Gasteiger partial charge in [-0.25, -0.2) is 9.59 Å². The molecule has 0 bridgehead atoms. The monoisotopic (exact) mass is 462 g/mol. The number of halogens is 2. The van der Waals surface area contributed by atoms with Crippen molar-refractivity contribution >= 4 is 23.9 Å². The second-order valence-electron chi connectivity index (χ2n) is 7.24. The zero-order chi connectivity index (χ0) is 22.6. The molecule has 2 N–H and O–H groups in total. The molecule has 2 heterocycles. The number of carbonyl (C=O) groups is 2. The van der Waals surface area contributed by atoms with Crippen molar-refractivity contribution in [3.63, 3.8) is 0 Å².